The summed E-state index contributed by atoms with van der Waals surface area (Å²) in [5.41, 5.74) is 1.04. The number of halogens is 2. The molecule has 0 fully saturated rings. The molecule has 2 rings (SSSR count). The molecule has 0 radical (unpaired) electrons. The Kier molecular flexibility index (Phi) is 5.94. The quantitative estimate of drug-likeness (QED) is 0.850. The molecular weight excluding hydrogens is 316 g/mol. The fourth-order valence-corrected chi connectivity index (χ4v) is 2.23. The minimum absolute atomic E-state index is 0.0242. The Morgan fingerprint density at radius 1 is 1.29 bits per heavy atom. The van der Waals surface area contributed by atoms with Crippen molar-refractivity contribution < 1.29 is 18.7 Å². The number of aliphatic hydroxyl groups is 1. The second-order valence-electron chi connectivity index (χ2n) is 5.60. The second-order valence-corrected chi connectivity index (χ2v) is 5.60. The maximum atomic E-state index is 13.2. The van der Waals surface area contributed by atoms with Crippen LogP contribution in [0.3, 0.4) is 0 Å². The normalized spacial score (nSPS) is 12.2. The second kappa shape index (κ2) is 7.94. The first-order valence-corrected chi connectivity index (χ1v) is 7.40. The Bertz CT molecular complexity index is 725. The molecule has 1 heterocycles. The van der Waals surface area contributed by atoms with Crippen molar-refractivity contribution in [2.75, 3.05) is 25.5 Å². The maximum absolute atomic E-state index is 13.2. The Morgan fingerprint density at radius 2 is 2.04 bits per heavy atom. The van der Waals surface area contributed by atoms with Crippen molar-refractivity contribution >= 4 is 11.7 Å². The molecule has 0 spiro atoms. The average molecular weight is 335 g/mol. The first-order valence-electron chi connectivity index (χ1n) is 7.40. The number of anilines is 1. The van der Waals surface area contributed by atoms with Crippen LogP contribution in [-0.4, -0.2) is 41.0 Å². The fraction of sp³-hybridized carbons (Fsp3) is 0.294. The summed E-state index contributed by atoms with van der Waals surface area (Å²) in [6.07, 6.45) is -1.03. The number of nitrogens with zero attached hydrogens (tertiary/aromatic N) is 2. The zero-order chi connectivity index (χ0) is 17.7. The summed E-state index contributed by atoms with van der Waals surface area (Å²) >= 11 is 0. The SMILES string of the molecule is Cc1cccc(NC(=O)CN(C)CC(O)c2ccc(F)c(F)c2)n1. The van der Waals surface area contributed by atoms with Gasteiger partial charge in [0.15, 0.2) is 11.6 Å². The van der Waals surface area contributed by atoms with Gasteiger partial charge in [0.05, 0.1) is 12.6 Å². The number of carbonyl (C=O) groups is 1. The number of hydrogen-bond acceptors (Lipinski definition) is 4. The number of hydrogen-bond donors (Lipinski definition) is 2. The van der Waals surface area contributed by atoms with Crippen LogP contribution in [0.25, 0.3) is 0 Å². The van der Waals surface area contributed by atoms with Crippen molar-refractivity contribution in [3.63, 3.8) is 0 Å². The van der Waals surface area contributed by atoms with Gasteiger partial charge in [0.2, 0.25) is 5.91 Å². The number of carbonyl (C=O) groups excluding carboxylic acids is 1. The fourth-order valence-electron chi connectivity index (χ4n) is 2.23. The van der Waals surface area contributed by atoms with Gasteiger partial charge in [-0.3, -0.25) is 9.69 Å². The predicted molar refractivity (Wildman–Crippen MR) is 86.4 cm³/mol. The number of amides is 1. The largest absolute Gasteiger partial charge is 0.387 e. The van der Waals surface area contributed by atoms with Crippen LogP contribution in [0.1, 0.15) is 17.4 Å². The van der Waals surface area contributed by atoms with Crippen LogP contribution in [0, 0.1) is 18.6 Å². The van der Waals surface area contributed by atoms with Crippen LogP contribution in [0.4, 0.5) is 14.6 Å². The van der Waals surface area contributed by atoms with Crippen molar-refractivity contribution in [3.05, 3.63) is 59.3 Å². The Morgan fingerprint density at radius 3 is 2.71 bits per heavy atom. The highest BCUT2D eigenvalue weighted by Crippen LogP contribution is 2.17. The van der Waals surface area contributed by atoms with Gasteiger partial charge in [0.1, 0.15) is 5.82 Å². The zero-order valence-electron chi connectivity index (χ0n) is 13.5. The summed E-state index contributed by atoms with van der Waals surface area (Å²) in [6.45, 7) is 1.94. The molecule has 0 aliphatic carbocycles. The highest BCUT2D eigenvalue weighted by Gasteiger charge is 2.15. The van der Waals surface area contributed by atoms with E-state index in [1.807, 2.05) is 13.0 Å². The third kappa shape index (κ3) is 5.07. The van der Waals surface area contributed by atoms with Crippen LogP contribution in [0.15, 0.2) is 36.4 Å². The van der Waals surface area contributed by atoms with Gasteiger partial charge in [0, 0.05) is 12.2 Å². The first-order chi connectivity index (χ1) is 11.3. The van der Waals surface area contributed by atoms with Gasteiger partial charge in [-0.1, -0.05) is 12.1 Å². The zero-order valence-corrected chi connectivity index (χ0v) is 13.5. The van der Waals surface area contributed by atoms with Crippen LogP contribution in [0.2, 0.25) is 0 Å². The summed E-state index contributed by atoms with van der Waals surface area (Å²) in [4.78, 5) is 17.7. The van der Waals surface area contributed by atoms with Crippen LogP contribution < -0.4 is 5.32 Å². The van der Waals surface area contributed by atoms with Crippen molar-refractivity contribution in [2.45, 2.75) is 13.0 Å². The molecule has 1 amide bonds. The van der Waals surface area contributed by atoms with Crippen LogP contribution in [-0.2, 0) is 4.79 Å². The Labute approximate surface area is 138 Å². The Balaban J connectivity index is 1.88. The third-order valence-corrected chi connectivity index (χ3v) is 3.38. The molecule has 0 aliphatic heterocycles. The smallest absolute Gasteiger partial charge is 0.239 e. The number of benzene rings is 1. The minimum atomic E-state index is -1.03. The summed E-state index contributed by atoms with van der Waals surface area (Å²) in [5.74, 6) is -1.82. The summed E-state index contributed by atoms with van der Waals surface area (Å²) in [7, 11) is 1.65. The molecule has 7 heteroatoms. The summed E-state index contributed by atoms with van der Waals surface area (Å²) < 4.78 is 26.1. The van der Waals surface area contributed by atoms with Crippen molar-refractivity contribution in [3.8, 4) is 0 Å². The van der Waals surface area contributed by atoms with E-state index in [2.05, 4.69) is 10.3 Å². The van der Waals surface area contributed by atoms with E-state index in [0.29, 0.717) is 5.82 Å². The minimum Gasteiger partial charge on any atom is -0.387 e. The van der Waals surface area contributed by atoms with Gasteiger partial charge in [-0.25, -0.2) is 13.8 Å². The lowest BCUT2D eigenvalue weighted by molar-refractivity contribution is -0.117. The maximum Gasteiger partial charge on any atom is 0.239 e. The van der Waals surface area contributed by atoms with Crippen molar-refractivity contribution in [1.82, 2.24) is 9.88 Å². The molecular formula is C17H19F2N3O2. The molecule has 0 saturated carbocycles. The third-order valence-electron chi connectivity index (χ3n) is 3.38. The van der Waals surface area contributed by atoms with Crippen molar-refractivity contribution in [1.29, 1.82) is 0 Å². The number of rotatable bonds is 6. The van der Waals surface area contributed by atoms with Gasteiger partial charge < -0.3 is 10.4 Å². The van der Waals surface area contributed by atoms with E-state index in [-0.39, 0.29) is 24.6 Å². The number of aromatic nitrogens is 1. The molecule has 0 saturated heterocycles. The number of likely N-dealkylation sites (N-methyl/N-ethyl adjacent to an activating group) is 1. The van der Waals surface area contributed by atoms with E-state index in [4.69, 9.17) is 0 Å². The molecule has 5 nitrogen and oxygen atoms in total. The van der Waals surface area contributed by atoms with E-state index < -0.39 is 17.7 Å². The highest BCUT2D eigenvalue weighted by molar-refractivity contribution is 5.91. The van der Waals surface area contributed by atoms with Gasteiger partial charge in [-0.2, -0.15) is 0 Å². The molecule has 1 atom stereocenters. The number of aliphatic hydroxyl groups excluding tert-OH is 1. The lowest BCUT2D eigenvalue weighted by Crippen LogP contribution is -2.33. The molecule has 2 aromatic rings. The summed E-state index contributed by atoms with van der Waals surface area (Å²) in [6, 6.07) is 8.51. The lowest BCUT2D eigenvalue weighted by Gasteiger charge is -2.20. The van der Waals surface area contributed by atoms with Gasteiger partial charge in [0.25, 0.3) is 0 Å². The Hall–Kier alpha value is -2.38. The monoisotopic (exact) mass is 335 g/mol. The highest BCUT2D eigenvalue weighted by atomic mass is 19.2. The molecule has 128 valence electrons. The van der Waals surface area contributed by atoms with Crippen LogP contribution >= 0.6 is 0 Å². The number of aryl methyl sites for hydroxylation is 1. The van der Waals surface area contributed by atoms with E-state index >= 15 is 0 Å². The average Bonchev–Trinajstić information content (AvgIpc) is 2.49. The first kappa shape index (κ1) is 18.0. The molecule has 2 N–H and O–H groups in total. The molecule has 1 aromatic carbocycles. The van der Waals surface area contributed by atoms with Gasteiger partial charge in [-0.05, 0) is 43.8 Å². The lowest BCUT2D eigenvalue weighted by atomic mass is 10.1. The predicted octanol–water partition coefficient (Wildman–Crippen LogP) is 2.27. The van der Waals surface area contributed by atoms with Gasteiger partial charge >= 0.3 is 0 Å². The molecule has 1 unspecified atom stereocenters. The van der Waals surface area contributed by atoms with Crippen molar-refractivity contribution in [2.24, 2.45) is 0 Å². The van der Waals surface area contributed by atoms with E-state index in [0.717, 1.165) is 17.8 Å². The number of pyridine rings is 1. The topological polar surface area (TPSA) is 65.5 Å². The van der Waals surface area contributed by atoms with E-state index in [1.165, 1.54) is 6.07 Å². The molecule has 0 aliphatic rings. The summed E-state index contributed by atoms with van der Waals surface area (Å²) in [5, 5.41) is 12.7. The molecule has 0 bridgehead atoms. The van der Waals surface area contributed by atoms with Crippen LogP contribution in [0.5, 0.6) is 0 Å². The molecule has 1 aromatic heterocycles. The standard InChI is InChI=1S/C17H19F2N3O2/c1-11-4-3-5-16(20-11)21-17(24)10-22(2)9-15(23)12-6-7-13(18)14(19)8-12/h3-8,15,23H,9-10H2,1-2H3,(H,20,21,24). The van der Waals surface area contributed by atoms with E-state index in [9.17, 15) is 18.7 Å². The van der Waals surface area contributed by atoms with E-state index in [1.54, 1.807) is 24.1 Å². The number of nitrogens with one attached hydrogen (secondary N) is 1. The molecule has 24 heavy (non-hydrogen) atoms. The van der Waals surface area contributed by atoms with Gasteiger partial charge in [-0.15, -0.1) is 0 Å².